The van der Waals surface area contributed by atoms with Crippen molar-refractivity contribution < 1.29 is 9.59 Å². The molecule has 0 aliphatic carbocycles. The topological polar surface area (TPSA) is 94.9 Å². The van der Waals surface area contributed by atoms with Crippen LogP contribution in [0, 0.1) is 11.3 Å². The zero-order valence-electron chi connectivity index (χ0n) is 12.4. The zero-order chi connectivity index (χ0) is 16.7. The third kappa shape index (κ3) is 5.10. The molecule has 0 saturated heterocycles. The minimum absolute atomic E-state index is 0.136. The molecule has 23 heavy (non-hydrogen) atoms. The number of nitrogens with one attached hydrogen (secondary N) is 2. The van der Waals surface area contributed by atoms with E-state index < -0.39 is 0 Å². The van der Waals surface area contributed by atoms with Crippen molar-refractivity contribution in [3.63, 3.8) is 0 Å². The minimum atomic E-state index is -0.326. The highest BCUT2D eigenvalue weighted by Crippen LogP contribution is 2.11. The molecule has 0 bridgehead atoms. The molecule has 1 heterocycles. The predicted molar refractivity (Wildman–Crippen MR) is 87.4 cm³/mol. The molecule has 0 aliphatic rings. The molecular formula is C17H14N4O2. The van der Waals surface area contributed by atoms with Crippen LogP contribution in [0.25, 0.3) is 6.08 Å². The molecule has 2 amide bonds. The van der Waals surface area contributed by atoms with Crippen molar-refractivity contribution in [2.45, 2.75) is 6.92 Å². The lowest BCUT2D eigenvalue weighted by molar-refractivity contribution is -0.114. The molecule has 6 nitrogen and oxygen atoms in total. The SMILES string of the molecule is CC(=O)Nc1ccc(C=CC(=O)Nc2ccc(C#N)cn2)cc1. The molecule has 0 atom stereocenters. The maximum atomic E-state index is 11.8. The Morgan fingerprint density at radius 1 is 1.13 bits per heavy atom. The molecule has 6 heteroatoms. The summed E-state index contributed by atoms with van der Waals surface area (Å²) >= 11 is 0. The van der Waals surface area contributed by atoms with E-state index in [1.54, 1.807) is 42.5 Å². The van der Waals surface area contributed by atoms with Crippen molar-refractivity contribution in [2.75, 3.05) is 10.6 Å². The van der Waals surface area contributed by atoms with Gasteiger partial charge in [-0.15, -0.1) is 0 Å². The average molecular weight is 306 g/mol. The number of hydrogen-bond acceptors (Lipinski definition) is 4. The van der Waals surface area contributed by atoms with Crippen molar-refractivity contribution in [3.8, 4) is 6.07 Å². The summed E-state index contributed by atoms with van der Waals surface area (Å²) in [5.74, 6) is -0.0876. The fraction of sp³-hybridized carbons (Fsp3) is 0.0588. The maximum absolute atomic E-state index is 11.8. The Balaban J connectivity index is 1.94. The molecule has 1 aromatic carbocycles. The number of nitriles is 1. The van der Waals surface area contributed by atoms with Crippen LogP contribution < -0.4 is 10.6 Å². The Hall–Kier alpha value is -3.46. The van der Waals surface area contributed by atoms with Gasteiger partial charge in [-0.05, 0) is 35.9 Å². The van der Waals surface area contributed by atoms with Crippen molar-refractivity contribution in [1.29, 1.82) is 5.26 Å². The smallest absolute Gasteiger partial charge is 0.249 e. The van der Waals surface area contributed by atoms with E-state index in [1.807, 2.05) is 6.07 Å². The van der Waals surface area contributed by atoms with Gasteiger partial charge in [0.1, 0.15) is 11.9 Å². The van der Waals surface area contributed by atoms with E-state index in [1.165, 1.54) is 19.2 Å². The summed E-state index contributed by atoms with van der Waals surface area (Å²) in [6.45, 7) is 1.44. The fourth-order valence-corrected chi connectivity index (χ4v) is 1.75. The number of nitrogens with zero attached hydrogens (tertiary/aromatic N) is 2. The average Bonchev–Trinajstić information content (AvgIpc) is 2.54. The number of aromatic nitrogens is 1. The van der Waals surface area contributed by atoms with E-state index in [0.717, 1.165) is 5.56 Å². The second kappa shape index (κ2) is 7.52. The van der Waals surface area contributed by atoms with E-state index in [2.05, 4.69) is 15.6 Å². The molecule has 1 aromatic heterocycles. The lowest BCUT2D eigenvalue weighted by Crippen LogP contribution is -2.09. The number of anilines is 2. The van der Waals surface area contributed by atoms with Gasteiger partial charge in [0.05, 0.1) is 5.56 Å². The van der Waals surface area contributed by atoms with Crippen molar-refractivity contribution >= 4 is 29.4 Å². The van der Waals surface area contributed by atoms with Crippen molar-refractivity contribution in [2.24, 2.45) is 0 Å². The minimum Gasteiger partial charge on any atom is -0.326 e. The van der Waals surface area contributed by atoms with Gasteiger partial charge in [0.2, 0.25) is 11.8 Å². The molecule has 2 N–H and O–H groups in total. The molecular weight excluding hydrogens is 292 g/mol. The first-order valence-electron chi connectivity index (χ1n) is 6.80. The summed E-state index contributed by atoms with van der Waals surface area (Å²) in [4.78, 5) is 26.7. The fourth-order valence-electron chi connectivity index (χ4n) is 1.75. The highest BCUT2D eigenvalue weighted by molar-refractivity contribution is 6.01. The zero-order valence-corrected chi connectivity index (χ0v) is 12.4. The number of rotatable bonds is 4. The Morgan fingerprint density at radius 2 is 1.87 bits per heavy atom. The standard InChI is InChI=1S/C17H14N4O2/c1-12(22)20-15-6-2-13(3-7-15)5-9-17(23)21-16-8-4-14(10-18)11-19-16/h2-9,11H,1H3,(H,20,22)(H,19,21,23). The van der Waals surface area contributed by atoms with E-state index in [-0.39, 0.29) is 11.8 Å². The molecule has 0 spiro atoms. The van der Waals surface area contributed by atoms with Gasteiger partial charge in [-0.1, -0.05) is 12.1 Å². The van der Waals surface area contributed by atoms with Crippen LogP contribution in [0.4, 0.5) is 11.5 Å². The number of carbonyl (C=O) groups excluding carboxylic acids is 2. The van der Waals surface area contributed by atoms with Gasteiger partial charge >= 0.3 is 0 Å². The summed E-state index contributed by atoms with van der Waals surface area (Å²) in [5, 5.41) is 13.9. The number of pyridine rings is 1. The summed E-state index contributed by atoms with van der Waals surface area (Å²) in [7, 11) is 0. The van der Waals surface area contributed by atoms with E-state index >= 15 is 0 Å². The molecule has 2 aromatic rings. The summed E-state index contributed by atoms with van der Waals surface area (Å²) < 4.78 is 0. The molecule has 114 valence electrons. The number of hydrogen-bond donors (Lipinski definition) is 2. The van der Waals surface area contributed by atoms with E-state index in [9.17, 15) is 9.59 Å². The lowest BCUT2D eigenvalue weighted by atomic mass is 10.2. The first-order valence-corrected chi connectivity index (χ1v) is 6.80. The third-order valence-corrected chi connectivity index (χ3v) is 2.80. The molecule has 0 aliphatic heterocycles. The normalized spacial score (nSPS) is 10.1. The van der Waals surface area contributed by atoms with Gasteiger partial charge in [0.15, 0.2) is 0 Å². The van der Waals surface area contributed by atoms with Crippen LogP contribution in [0.5, 0.6) is 0 Å². The van der Waals surface area contributed by atoms with Crippen LogP contribution in [0.2, 0.25) is 0 Å². The van der Waals surface area contributed by atoms with Gasteiger partial charge in [0.25, 0.3) is 0 Å². The quantitative estimate of drug-likeness (QED) is 0.849. The Kier molecular flexibility index (Phi) is 5.21. The van der Waals surface area contributed by atoms with Crippen LogP contribution in [0.15, 0.2) is 48.7 Å². The van der Waals surface area contributed by atoms with Crippen LogP contribution >= 0.6 is 0 Å². The highest BCUT2D eigenvalue weighted by atomic mass is 16.2. The lowest BCUT2D eigenvalue weighted by Gasteiger charge is -2.02. The molecule has 2 rings (SSSR count). The largest absolute Gasteiger partial charge is 0.326 e. The summed E-state index contributed by atoms with van der Waals surface area (Å²) in [6, 6.07) is 12.2. The van der Waals surface area contributed by atoms with Crippen LogP contribution in [-0.4, -0.2) is 16.8 Å². The molecule has 0 radical (unpaired) electrons. The monoisotopic (exact) mass is 306 g/mol. The maximum Gasteiger partial charge on any atom is 0.249 e. The van der Waals surface area contributed by atoms with Crippen LogP contribution in [-0.2, 0) is 9.59 Å². The third-order valence-electron chi connectivity index (χ3n) is 2.80. The number of carbonyl (C=O) groups is 2. The summed E-state index contributed by atoms with van der Waals surface area (Å²) in [5.41, 5.74) is 1.95. The first kappa shape index (κ1) is 15.9. The first-order chi connectivity index (χ1) is 11.1. The molecule has 0 unspecified atom stereocenters. The Bertz CT molecular complexity index is 772. The second-order valence-corrected chi connectivity index (χ2v) is 4.67. The second-order valence-electron chi connectivity index (χ2n) is 4.67. The van der Waals surface area contributed by atoms with Crippen molar-refractivity contribution in [3.05, 3.63) is 59.8 Å². The molecule has 0 saturated carbocycles. The van der Waals surface area contributed by atoms with E-state index in [4.69, 9.17) is 5.26 Å². The Morgan fingerprint density at radius 3 is 2.43 bits per heavy atom. The highest BCUT2D eigenvalue weighted by Gasteiger charge is 2.00. The van der Waals surface area contributed by atoms with E-state index in [0.29, 0.717) is 17.1 Å². The van der Waals surface area contributed by atoms with Gasteiger partial charge in [0, 0.05) is 24.9 Å². The van der Waals surface area contributed by atoms with Gasteiger partial charge in [-0.25, -0.2) is 4.98 Å². The number of benzene rings is 1. The van der Waals surface area contributed by atoms with Crippen molar-refractivity contribution in [1.82, 2.24) is 4.98 Å². The van der Waals surface area contributed by atoms with Gasteiger partial charge in [-0.3, -0.25) is 9.59 Å². The summed E-state index contributed by atoms with van der Waals surface area (Å²) in [6.07, 6.45) is 4.42. The van der Waals surface area contributed by atoms with Gasteiger partial charge in [-0.2, -0.15) is 5.26 Å². The Labute approximate surface area is 133 Å². The number of amides is 2. The van der Waals surface area contributed by atoms with Crippen LogP contribution in [0.1, 0.15) is 18.1 Å². The molecule has 0 fully saturated rings. The van der Waals surface area contributed by atoms with Gasteiger partial charge < -0.3 is 10.6 Å². The predicted octanol–water partition coefficient (Wildman–Crippen LogP) is 2.56. The van der Waals surface area contributed by atoms with Crippen LogP contribution in [0.3, 0.4) is 0 Å².